The quantitative estimate of drug-likeness (QED) is 0.753. The Balaban J connectivity index is 2.07. The maximum absolute atomic E-state index is 12.4. The number of aryl methyl sites for hydroxylation is 1. The monoisotopic (exact) mass is 414 g/mol. The van der Waals surface area contributed by atoms with Crippen LogP contribution in [-0.4, -0.2) is 20.4 Å². The van der Waals surface area contributed by atoms with Gasteiger partial charge in [-0.3, -0.25) is 4.79 Å². The highest BCUT2D eigenvalue weighted by Gasteiger charge is 2.24. The van der Waals surface area contributed by atoms with E-state index in [-0.39, 0.29) is 4.90 Å². The lowest BCUT2D eigenvalue weighted by Gasteiger charge is -2.20. The van der Waals surface area contributed by atoms with Gasteiger partial charge in [0.2, 0.25) is 15.9 Å². The Hall–Kier alpha value is -1.60. The number of sulfonamides is 1. The Labute approximate surface area is 163 Å². The predicted octanol–water partition coefficient (Wildman–Crippen LogP) is 3.85. The number of benzene rings is 2. The summed E-state index contributed by atoms with van der Waals surface area (Å²) < 4.78 is 27.1. The van der Waals surface area contributed by atoms with Crippen LogP contribution < -0.4 is 10.0 Å². The van der Waals surface area contributed by atoms with Gasteiger partial charge in [-0.05, 0) is 44.5 Å². The number of nitrogens with one attached hydrogen (secondary N) is 2. The third-order valence-corrected chi connectivity index (χ3v) is 6.25. The summed E-state index contributed by atoms with van der Waals surface area (Å²) in [7, 11) is -3.79. The topological polar surface area (TPSA) is 75.3 Å². The van der Waals surface area contributed by atoms with Crippen LogP contribution in [0.5, 0.6) is 0 Å². The molecule has 0 fully saturated rings. The van der Waals surface area contributed by atoms with E-state index in [0.717, 1.165) is 5.56 Å². The van der Waals surface area contributed by atoms with E-state index in [0.29, 0.717) is 15.6 Å². The lowest BCUT2D eigenvalue weighted by molar-refractivity contribution is -0.123. The molecule has 2 aromatic rings. The number of amides is 1. The number of rotatable bonds is 6. The summed E-state index contributed by atoms with van der Waals surface area (Å²) in [5.74, 6) is -0.468. The van der Waals surface area contributed by atoms with Gasteiger partial charge >= 0.3 is 0 Å². The van der Waals surface area contributed by atoms with E-state index in [9.17, 15) is 13.2 Å². The number of hydrogen-bond donors (Lipinski definition) is 2. The van der Waals surface area contributed by atoms with E-state index in [1.165, 1.54) is 19.1 Å². The Kier molecular flexibility index (Phi) is 6.69. The third-order valence-electron chi connectivity index (χ3n) is 3.86. The first-order valence-corrected chi connectivity index (χ1v) is 10.2. The Morgan fingerprint density at radius 3 is 2.27 bits per heavy atom. The average molecular weight is 415 g/mol. The Morgan fingerprint density at radius 1 is 1.04 bits per heavy atom. The number of hydrogen-bond acceptors (Lipinski definition) is 3. The summed E-state index contributed by atoms with van der Waals surface area (Å²) in [4.78, 5) is 12.5. The Bertz CT molecular complexity index is 899. The van der Waals surface area contributed by atoms with Gasteiger partial charge in [0.15, 0.2) is 0 Å². The minimum Gasteiger partial charge on any atom is -0.348 e. The molecule has 2 atom stereocenters. The summed E-state index contributed by atoms with van der Waals surface area (Å²) in [5.41, 5.74) is 1.60. The van der Waals surface area contributed by atoms with Crippen molar-refractivity contribution in [3.63, 3.8) is 0 Å². The average Bonchev–Trinajstić information content (AvgIpc) is 2.57. The number of halogens is 2. The summed E-state index contributed by atoms with van der Waals surface area (Å²) in [6.07, 6.45) is 0. The van der Waals surface area contributed by atoms with Crippen LogP contribution in [0.25, 0.3) is 0 Å². The van der Waals surface area contributed by atoms with Gasteiger partial charge in [0.1, 0.15) is 0 Å². The molecule has 0 bridgehead atoms. The van der Waals surface area contributed by atoms with Crippen molar-refractivity contribution in [1.82, 2.24) is 10.0 Å². The summed E-state index contributed by atoms with van der Waals surface area (Å²) in [6, 6.07) is 10.1. The highest BCUT2D eigenvalue weighted by molar-refractivity contribution is 7.89. The smallest absolute Gasteiger partial charge is 0.241 e. The lowest BCUT2D eigenvalue weighted by Crippen LogP contribution is -2.45. The summed E-state index contributed by atoms with van der Waals surface area (Å²) >= 11 is 12.1. The molecule has 2 aromatic carbocycles. The molecular weight excluding hydrogens is 395 g/mol. The largest absolute Gasteiger partial charge is 0.348 e. The van der Waals surface area contributed by atoms with Crippen LogP contribution in [0, 0.1) is 6.92 Å². The molecule has 140 valence electrons. The first-order valence-electron chi connectivity index (χ1n) is 7.95. The van der Waals surface area contributed by atoms with Gasteiger partial charge in [0.05, 0.1) is 27.0 Å². The maximum Gasteiger partial charge on any atom is 0.241 e. The molecule has 0 radical (unpaired) electrons. The molecule has 26 heavy (non-hydrogen) atoms. The van der Waals surface area contributed by atoms with Crippen molar-refractivity contribution < 1.29 is 13.2 Å². The summed E-state index contributed by atoms with van der Waals surface area (Å²) in [6.45, 7) is 5.09. The minimum absolute atomic E-state index is 0.105. The van der Waals surface area contributed by atoms with Crippen LogP contribution >= 0.6 is 23.2 Å². The molecule has 2 rings (SSSR count). The van der Waals surface area contributed by atoms with Crippen LogP contribution in [0.3, 0.4) is 0 Å². The van der Waals surface area contributed by atoms with E-state index in [2.05, 4.69) is 10.0 Å². The van der Waals surface area contributed by atoms with Crippen molar-refractivity contribution in [2.45, 2.75) is 37.8 Å². The van der Waals surface area contributed by atoms with Gasteiger partial charge in [-0.15, -0.1) is 0 Å². The zero-order valence-electron chi connectivity index (χ0n) is 14.6. The van der Waals surface area contributed by atoms with E-state index in [1.54, 1.807) is 37.3 Å². The van der Waals surface area contributed by atoms with E-state index in [4.69, 9.17) is 23.2 Å². The van der Waals surface area contributed by atoms with E-state index >= 15 is 0 Å². The fraction of sp³-hybridized carbons (Fsp3) is 0.278. The van der Waals surface area contributed by atoms with Crippen molar-refractivity contribution in [3.05, 3.63) is 63.6 Å². The normalized spacial score (nSPS) is 13.9. The Morgan fingerprint density at radius 2 is 1.65 bits per heavy atom. The van der Waals surface area contributed by atoms with Crippen molar-refractivity contribution in [2.24, 2.45) is 0 Å². The number of carbonyl (C=O) groups is 1. The molecule has 0 saturated carbocycles. The second-order valence-electron chi connectivity index (χ2n) is 6.03. The molecule has 0 spiro atoms. The first kappa shape index (κ1) is 20.7. The van der Waals surface area contributed by atoms with Crippen LogP contribution in [0.15, 0.2) is 47.4 Å². The lowest BCUT2D eigenvalue weighted by atomic mass is 10.1. The van der Waals surface area contributed by atoms with Crippen molar-refractivity contribution in [1.29, 1.82) is 0 Å². The number of carbonyl (C=O) groups excluding carboxylic acids is 1. The summed E-state index contributed by atoms with van der Waals surface area (Å²) in [5, 5.41) is 3.48. The molecule has 0 aliphatic heterocycles. The van der Waals surface area contributed by atoms with Gasteiger partial charge < -0.3 is 5.32 Å². The predicted molar refractivity (Wildman–Crippen MR) is 104 cm³/mol. The SMILES string of the molecule is Cc1ccc(S(=O)(=O)N[C@@H](C)C(=O)NC(C)c2cccc(Cl)c2Cl)cc1. The van der Waals surface area contributed by atoms with Gasteiger partial charge in [-0.25, -0.2) is 8.42 Å². The second kappa shape index (κ2) is 8.39. The van der Waals surface area contributed by atoms with E-state index < -0.39 is 28.0 Å². The molecular formula is C18H20Cl2N2O3S. The highest BCUT2D eigenvalue weighted by atomic mass is 35.5. The zero-order valence-corrected chi connectivity index (χ0v) is 16.9. The molecule has 8 heteroatoms. The van der Waals surface area contributed by atoms with Crippen LogP contribution in [0.1, 0.15) is 31.0 Å². The molecule has 1 unspecified atom stereocenters. The fourth-order valence-electron chi connectivity index (χ4n) is 2.34. The van der Waals surface area contributed by atoms with Gasteiger partial charge in [-0.1, -0.05) is 53.0 Å². The molecule has 2 N–H and O–H groups in total. The maximum atomic E-state index is 12.4. The minimum atomic E-state index is -3.79. The van der Waals surface area contributed by atoms with Gasteiger partial charge in [0, 0.05) is 0 Å². The highest BCUT2D eigenvalue weighted by Crippen LogP contribution is 2.29. The molecule has 0 aromatic heterocycles. The van der Waals surface area contributed by atoms with E-state index in [1.807, 2.05) is 6.92 Å². The van der Waals surface area contributed by atoms with Crippen molar-refractivity contribution in [3.8, 4) is 0 Å². The first-order chi connectivity index (χ1) is 12.1. The third kappa shape index (κ3) is 4.98. The standard InChI is InChI=1S/C18H20Cl2N2O3S/c1-11-7-9-14(10-8-11)26(24,25)22-13(3)18(23)21-12(2)15-5-4-6-16(19)17(15)20/h4-10,12-13,22H,1-3H3,(H,21,23)/t12?,13-/m0/s1. The molecule has 0 saturated heterocycles. The second-order valence-corrected chi connectivity index (χ2v) is 8.53. The zero-order chi connectivity index (χ0) is 19.5. The van der Waals surface area contributed by atoms with Crippen LogP contribution in [0.4, 0.5) is 0 Å². The van der Waals surface area contributed by atoms with Crippen LogP contribution in [-0.2, 0) is 14.8 Å². The molecule has 0 aliphatic rings. The van der Waals surface area contributed by atoms with Gasteiger partial charge in [-0.2, -0.15) is 4.72 Å². The fourth-order valence-corrected chi connectivity index (χ4v) is 4.02. The van der Waals surface area contributed by atoms with Gasteiger partial charge in [0.25, 0.3) is 0 Å². The molecule has 0 heterocycles. The molecule has 0 aliphatic carbocycles. The van der Waals surface area contributed by atoms with Crippen molar-refractivity contribution >= 4 is 39.1 Å². The van der Waals surface area contributed by atoms with Crippen LogP contribution in [0.2, 0.25) is 10.0 Å². The molecule has 5 nitrogen and oxygen atoms in total. The molecule has 1 amide bonds. The van der Waals surface area contributed by atoms with Crippen molar-refractivity contribution in [2.75, 3.05) is 0 Å².